The summed E-state index contributed by atoms with van der Waals surface area (Å²) in [6, 6.07) is 17.7. The summed E-state index contributed by atoms with van der Waals surface area (Å²) in [7, 11) is 0. The molecule has 0 unspecified atom stereocenters. The summed E-state index contributed by atoms with van der Waals surface area (Å²) in [6.07, 6.45) is 2.90. The first kappa shape index (κ1) is 21.4. The van der Waals surface area contributed by atoms with Gasteiger partial charge in [-0.1, -0.05) is 42.5 Å². The second-order valence-corrected chi connectivity index (χ2v) is 4.87. The molecule has 0 saturated heterocycles. The van der Waals surface area contributed by atoms with Gasteiger partial charge in [-0.3, -0.25) is 4.99 Å². The molecule has 0 aliphatic carbocycles. The van der Waals surface area contributed by atoms with Crippen molar-refractivity contribution >= 4 is 23.3 Å². The molecular weight excluding hydrogens is 359 g/mol. The van der Waals surface area contributed by atoms with Gasteiger partial charge in [-0.2, -0.15) is 5.10 Å². The van der Waals surface area contributed by atoms with E-state index < -0.39 is 0 Å². The molecule has 115 valence electrons. The van der Waals surface area contributed by atoms with Gasteiger partial charge in [-0.25, -0.2) is 0 Å². The van der Waals surface area contributed by atoms with Gasteiger partial charge in [-0.15, -0.1) is 5.10 Å². The molecule has 0 heterocycles. The first-order valence-corrected chi connectivity index (χ1v) is 6.83. The monoisotopic (exact) mass is 375 g/mol. The quantitative estimate of drug-likeness (QED) is 0.440. The Balaban J connectivity index is 0.00000242. The van der Waals surface area contributed by atoms with Crippen LogP contribution in [-0.2, 0) is 19.5 Å². The molecule has 0 saturated carbocycles. The van der Waals surface area contributed by atoms with E-state index in [1.54, 1.807) is 0 Å². The molecule has 23 heavy (non-hydrogen) atoms. The van der Waals surface area contributed by atoms with Gasteiger partial charge in [0, 0.05) is 30.8 Å². The SMILES string of the molecule is CC(C)=Nc1ccc(/C(C)=N\N=[C]c2ccccc2)cc1.[Cl-].[Zn]. The Hall–Kier alpha value is -1.64. The number of hydrogen-bond donors (Lipinski definition) is 0. The van der Waals surface area contributed by atoms with E-state index in [-0.39, 0.29) is 31.9 Å². The first-order chi connectivity index (χ1) is 10.1. The van der Waals surface area contributed by atoms with Crippen molar-refractivity contribution in [2.45, 2.75) is 20.8 Å². The summed E-state index contributed by atoms with van der Waals surface area (Å²) in [5, 5.41) is 8.17. The van der Waals surface area contributed by atoms with Crippen LogP contribution in [-0.4, -0.2) is 17.6 Å². The summed E-state index contributed by atoms with van der Waals surface area (Å²) in [6.45, 7) is 5.89. The van der Waals surface area contributed by atoms with Crippen molar-refractivity contribution in [3.63, 3.8) is 0 Å². The molecule has 0 spiro atoms. The maximum absolute atomic E-state index is 4.40. The Bertz CT molecular complexity index is 673. The topological polar surface area (TPSA) is 37.1 Å². The third-order valence-electron chi connectivity index (χ3n) is 2.79. The molecule has 2 aromatic rings. The molecule has 0 amide bonds. The van der Waals surface area contributed by atoms with E-state index in [1.807, 2.05) is 75.4 Å². The van der Waals surface area contributed by atoms with E-state index in [9.17, 15) is 0 Å². The average molecular weight is 377 g/mol. The summed E-state index contributed by atoms with van der Waals surface area (Å²) in [4.78, 5) is 4.40. The van der Waals surface area contributed by atoms with E-state index in [4.69, 9.17) is 0 Å². The first-order valence-electron chi connectivity index (χ1n) is 6.83. The third-order valence-corrected chi connectivity index (χ3v) is 2.79. The number of halogens is 1. The van der Waals surface area contributed by atoms with Crippen LogP contribution in [0.4, 0.5) is 5.69 Å². The minimum Gasteiger partial charge on any atom is -1.00 e. The Kier molecular flexibility index (Phi) is 10.2. The van der Waals surface area contributed by atoms with Gasteiger partial charge in [0.1, 0.15) is 6.21 Å². The predicted molar refractivity (Wildman–Crippen MR) is 90.1 cm³/mol. The molecule has 0 bridgehead atoms. The predicted octanol–water partition coefficient (Wildman–Crippen LogP) is 1.52. The number of nitrogens with zero attached hydrogens (tertiary/aromatic N) is 3. The molecular formula is C18H18ClN3Zn-. The molecule has 5 heteroatoms. The van der Waals surface area contributed by atoms with E-state index >= 15 is 0 Å². The Morgan fingerprint density at radius 1 is 0.870 bits per heavy atom. The summed E-state index contributed by atoms with van der Waals surface area (Å²) in [5.74, 6) is 0. The van der Waals surface area contributed by atoms with Crippen molar-refractivity contribution < 1.29 is 31.9 Å². The molecule has 0 N–H and O–H groups in total. The summed E-state index contributed by atoms with van der Waals surface area (Å²) in [5.41, 5.74) is 4.78. The van der Waals surface area contributed by atoms with Crippen LogP contribution in [0.5, 0.6) is 0 Å². The zero-order chi connectivity index (χ0) is 15.1. The molecule has 2 aromatic carbocycles. The van der Waals surface area contributed by atoms with Gasteiger partial charge in [-0.05, 0) is 38.5 Å². The summed E-state index contributed by atoms with van der Waals surface area (Å²) >= 11 is 0. The fourth-order valence-electron chi connectivity index (χ4n) is 1.76. The molecule has 0 fully saturated rings. The van der Waals surface area contributed by atoms with Crippen molar-refractivity contribution in [2.75, 3.05) is 0 Å². The zero-order valence-electron chi connectivity index (χ0n) is 13.6. The number of aliphatic imine (C=N–C) groups is 1. The second-order valence-electron chi connectivity index (χ2n) is 4.87. The number of benzene rings is 2. The molecule has 0 aromatic heterocycles. The zero-order valence-corrected chi connectivity index (χ0v) is 17.3. The molecule has 0 aliphatic rings. The fourth-order valence-corrected chi connectivity index (χ4v) is 1.76. The van der Waals surface area contributed by atoms with E-state index in [0.29, 0.717) is 0 Å². The van der Waals surface area contributed by atoms with Gasteiger partial charge >= 0.3 is 0 Å². The van der Waals surface area contributed by atoms with Gasteiger partial charge in [0.25, 0.3) is 0 Å². The second kappa shape index (κ2) is 11.0. The number of rotatable bonds is 4. The molecule has 1 radical (unpaired) electrons. The Labute approximate surface area is 156 Å². The van der Waals surface area contributed by atoms with Crippen LogP contribution in [0, 0.1) is 0 Å². The van der Waals surface area contributed by atoms with Crippen molar-refractivity contribution in [1.29, 1.82) is 0 Å². The third kappa shape index (κ3) is 7.45. The van der Waals surface area contributed by atoms with Crippen molar-refractivity contribution in [2.24, 2.45) is 15.2 Å². The van der Waals surface area contributed by atoms with Gasteiger partial charge in [0.05, 0.1) is 11.4 Å². The van der Waals surface area contributed by atoms with E-state index in [2.05, 4.69) is 21.4 Å². The van der Waals surface area contributed by atoms with Gasteiger partial charge in [0.2, 0.25) is 0 Å². The van der Waals surface area contributed by atoms with Crippen molar-refractivity contribution in [3.8, 4) is 0 Å². The molecule has 0 aliphatic heterocycles. The molecule has 0 atom stereocenters. The van der Waals surface area contributed by atoms with Gasteiger partial charge in [0.15, 0.2) is 0 Å². The maximum Gasteiger partial charge on any atom is 0.121 e. The number of hydrogen-bond acceptors (Lipinski definition) is 3. The Morgan fingerprint density at radius 2 is 1.48 bits per heavy atom. The van der Waals surface area contributed by atoms with Crippen LogP contribution in [0.3, 0.4) is 0 Å². The Morgan fingerprint density at radius 3 is 2.04 bits per heavy atom. The van der Waals surface area contributed by atoms with Crippen molar-refractivity contribution in [1.82, 2.24) is 0 Å². The van der Waals surface area contributed by atoms with Crippen molar-refractivity contribution in [3.05, 3.63) is 65.7 Å². The van der Waals surface area contributed by atoms with Crippen LogP contribution in [0.25, 0.3) is 0 Å². The maximum atomic E-state index is 4.40. The van der Waals surface area contributed by atoms with Gasteiger partial charge < -0.3 is 12.4 Å². The van der Waals surface area contributed by atoms with E-state index in [1.165, 1.54) is 0 Å². The standard InChI is InChI=1S/C18H18N3.ClH.Zn/c1-14(2)20-18-11-9-17(10-12-18)15(3)21-19-13-16-7-5-4-6-8-16;;/h4-12H,1-3H3;1H;/p-1/b19-13?,21-15-;;. The van der Waals surface area contributed by atoms with E-state index in [0.717, 1.165) is 28.2 Å². The van der Waals surface area contributed by atoms with Crippen LogP contribution in [0.15, 0.2) is 69.8 Å². The normalized spacial score (nSPS) is 10.7. The van der Waals surface area contributed by atoms with Crippen LogP contribution >= 0.6 is 0 Å². The average Bonchev–Trinajstić information content (AvgIpc) is 2.48. The largest absolute Gasteiger partial charge is 1.00 e. The van der Waals surface area contributed by atoms with Crippen LogP contribution < -0.4 is 12.4 Å². The smallest absolute Gasteiger partial charge is 0.121 e. The van der Waals surface area contributed by atoms with Crippen LogP contribution in [0.1, 0.15) is 31.9 Å². The molecule has 2 rings (SSSR count). The van der Waals surface area contributed by atoms with Crippen LogP contribution in [0.2, 0.25) is 0 Å². The molecule has 3 nitrogen and oxygen atoms in total. The minimum atomic E-state index is 0. The summed E-state index contributed by atoms with van der Waals surface area (Å²) < 4.78 is 0. The minimum absolute atomic E-state index is 0. The fraction of sp³-hybridized carbons (Fsp3) is 0.167.